The predicted molar refractivity (Wildman–Crippen MR) is 58.4 cm³/mol. The third-order valence-electron chi connectivity index (χ3n) is 1.16. The summed E-state index contributed by atoms with van der Waals surface area (Å²) >= 11 is 0. The number of aliphatic hydroxyl groups excluding tert-OH is 1. The summed E-state index contributed by atoms with van der Waals surface area (Å²) in [7, 11) is 0. The fourth-order valence-corrected chi connectivity index (χ4v) is 0.594. The summed E-state index contributed by atoms with van der Waals surface area (Å²) in [5, 5.41) is 12.3. The van der Waals surface area contributed by atoms with E-state index < -0.39 is 6.10 Å². The average Bonchev–Trinajstić information content (AvgIpc) is 1.83. The Balaban J connectivity index is -0.000000500. The fourth-order valence-electron chi connectivity index (χ4n) is 0.594. The van der Waals surface area contributed by atoms with Crippen molar-refractivity contribution in [3.05, 3.63) is 0 Å². The maximum Gasteiger partial charge on any atom is 0.0951 e. The number of rotatable bonds is 4. The van der Waals surface area contributed by atoms with Gasteiger partial charge in [-0.1, -0.05) is 0 Å². The number of hydrogen-bond acceptors (Lipinski definition) is 4. The van der Waals surface area contributed by atoms with Crippen LogP contribution in [0.2, 0.25) is 0 Å². The van der Waals surface area contributed by atoms with E-state index in [-0.39, 0.29) is 37.0 Å². The molecule has 0 spiro atoms. The topological polar surface area (TPSA) is 67.5 Å². The summed E-state index contributed by atoms with van der Waals surface area (Å²) < 4.78 is 0. The van der Waals surface area contributed by atoms with Gasteiger partial charge in [0.15, 0.2) is 0 Å². The molecule has 0 aromatic rings. The van der Waals surface area contributed by atoms with Crippen molar-refractivity contribution in [2.24, 2.45) is 5.90 Å². The molecular weight excluding hydrogens is 215 g/mol. The number of nitrogens with two attached hydrogens (primary N) is 1. The molecule has 13 heavy (non-hydrogen) atoms. The van der Waals surface area contributed by atoms with Gasteiger partial charge in [0.2, 0.25) is 0 Å². The molecule has 1 atom stereocenters. The Morgan fingerprint density at radius 1 is 1.38 bits per heavy atom. The molecular formula is C7H20Cl2N2O2. The number of β-amino-alcohol motifs (C(OH)–C–C–N with tert-alkyl or cyclic N) is 1. The molecule has 0 amide bonds. The number of aliphatic hydroxyl groups is 1. The highest BCUT2D eigenvalue weighted by Crippen LogP contribution is 1.97. The van der Waals surface area contributed by atoms with E-state index in [1.165, 1.54) is 0 Å². The molecule has 0 aliphatic rings. The summed E-state index contributed by atoms with van der Waals surface area (Å²) in [6.07, 6.45) is -0.528. The molecule has 0 rings (SSSR count). The van der Waals surface area contributed by atoms with Crippen LogP contribution in [-0.2, 0) is 4.84 Å². The van der Waals surface area contributed by atoms with Crippen LogP contribution in [0.15, 0.2) is 0 Å². The van der Waals surface area contributed by atoms with Crippen LogP contribution < -0.4 is 11.2 Å². The summed E-state index contributed by atoms with van der Waals surface area (Å²) in [6, 6.07) is 0. The smallest absolute Gasteiger partial charge is 0.0951 e. The third-order valence-corrected chi connectivity index (χ3v) is 1.16. The molecule has 0 fully saturated rings. The number of hydrogen-bond donors (Lipinski definition) is 3. The van der Waals surface area contributed by atoms with Crippen LogP contribution >= 0.6 is 24.8 Å². The van der Waals surface area contributed by atoms with Crippen LogP contribution in [0.25, 0.3) is 0 Å². The van der Waals surface area contributed by atoms with E-state index in [1.54, 1.807) is 0 Å². The van der Waals surface area contributed by atoms with Crippen molar-refractivity contribution in [3.8, 4) is 0 Å². The fraction of sp³-hybridized carbons (Fsp3) is 1.00. The maximum absolute atomic E-state index is 9.14. The zero-order valence-electron chi connectivity index (χ0n) is 8.24. The van der Waals surface area contributed by atoms with Gasteiger partial charge >= 0.3 is 0 Å². The van der Waals surface area contributed by atoms with Gasteiger partial charge in [-0.3, -0.25) is 0 Å². The lowest BCUT2D eigenvalue weighted by molar-refractivity contribution is 0.0339. The number of halogens is 2. The lowest BCUT2D eigenvalue weighted by atomic mass is 10.1. The highest BCUT2D eigenvalue weighted by atomic mass is 35.5. The maximum atomic E-state index is 9.14. The normalized spacial score (nSPS) is 12.7. The van der Waals surface area contributed by atoms with Crippen molar-refractivity contribution in [1.29, 1.82) is 0 Å². The highest BCUT2D eigenvalue weighted by molar-refractivity contribution is 5.85. The van der Waals surface area contributed by atoms with Gasteiger partial charge in [-0.05, 0) is 20.8 Å². The van der Waals surface area contributed by atoms with E-state index in [2.05, 4.69) is 10.2 Å². The van der Waals surface area contributed by atoms with Crippen molar-refractivity contribution in [2.45, 2.75) is 32.4 Å². The molecule has 1 unspecified atom stereocenters. The second kappa shape index (κ2) is 8.99. The Kier molecular flexibility index (Phi) is 13.2. The first-order chi connectivity index (χ1) is 4.95. The lowest BCUT2D eigenvalue weighted by Crippen LogP contribution is -2.42. The molecule has 0 radical (unpaired) electrons. The van der Waals surface area contributed by atoms with Gasteiger partial charge in [0.1, 0.15) is 0 Å². The van der Waals surface area contributed by atoms with Gasteiger partial charge < -0.3 is 15.3 Å². The van der Waals surface area contributed by atoms with Gasteiger partial charge in [0, 0.05) is 12.1 Å². The van der Waals surface area contributed by atoms with Crippen molar-refractivity contribution in [1.82, 2.24) is 5.32 Å². The zero-order chi connectivity index (χ0) is 8.91. The van der Waals surface area contributed by atoms with E-state index in [0.717, 1.165) is 0 Å². The first-order valence-corrected chi connectivity index (χ1v) is 3.70. The van der Waals surface area contributed by atoms with Crippen molar-refractivity contribution in [2.75, 3.05) is 13.2 Å². The first kappa shape index (κ1) is 19.1. The van der Waals surface area contributed by atoms with Gasteiger partial charge in [-0.25, -0.2) is 5.90 Å². The third kappa shape index (κ3) is 15.2. The first-order valence-electron chi connectivity index (χ1n) is 3.70. The van der Waals surface area contributed by atoms with Gasteiger partial charge in [0.25, 0.3) is 0 Å². The Bertz CT molecular complexity index is 109. The van der Waals surface area contributed by atoms with E-state index in [4.69, 9.17) is 11.0 Å². The molecule has 0 aliphatic heterocycles. The van der Waals surface area contributed by atoms with Crippen LogP contribution in [-0.4, -0.2) is 29.9 Å². The Labute approximate surface area is 92.0 Å². The molecule has 4 nitrogen and oxygen atoms in total. The molecule has 0 saturated carbocycles. The molecule has 0 heterocycles. The van der Waals surface area contributed by atoms with Crippen LogP contribution in [0.4, 0.5) is 0 Å². The molecule has 0 saturated heterocycles. The lowest BCUT2D eigenvalue weighted by Gasteiger charge is -2.22. The molecule has 84 valence electrons. The van der Waals surface area contributed by atoms with Crippen molar-refractivity contribution >= 4 is 24.8 Å². The minimum absolute atomic E-state index is 0. The van der Waals surface area contributed by atoms with E-state index in [9.17, 15) is 0 Å². The Morgan fingerprint density at radius 2 is 1.85 bits per heavy atom. The molecule has 0 aromatic carbocycles. The van der Waals surface area contributed by atoms with E-state index in [0.29, 0.717) is 6.54 Å². The summed E-state index contributed by atoms with van der Waals surface area (Å²) in [5.41, 5.74) is 0.0234. The van der Waals surface area contributed by atoms with Crippen LogP contribution in [0, 0.1) is 0 Å². The SMILES string of the molecule is CC(C)(C)NCC(O)CON.Cl.Cl. The van der Waals surface area contributed by atoms with E-state index in [1.807, 2.05) is 20.8 Å². The summed E-state index contributed by atoms with van der Waals surface area (Å²) in [4.78, 5) is 4.28. The van der Waals surface area contributed by atoms with E-state index >= 15 is 0 Å². The van der Waals surface area contributed by atoms with Gasteiger partial charge in [0.05, 0.1) is 12.7 Å². The second-order valence-corrected chi connectivity index (χ2v) is 3.62. The highest BCUT2D eigenvalue weighted by Gasteiger charge is 2.11. The molecule has 4 N–H and O–H groups in total. The standard InChI is InChI=1S/C7H18N2O2.2ClH/c1-7(2,3)9-4-6(10)5-11-8;;/h6,9-10H,4-5,8H2,1-3H3;2*1H. The second-order valence-electron chi connectivity index (χ2n) is 3.62. The molecule has 0 aromatic heterocycles. The minimum atomic E-state index is -0.528. The largest absolute Gasteiger partial charge is 0.389 e. The molecule has 0 bridgehead atoms. The minimum Gasteiger partial charge on any atom is -0.389 e. The van der Waals surface area contributed by atoms with Crippen molar-refractivity contribution in [3.63, 3.8) is 0 Å². The van der Waals surface area contributed by atoms with Crippen molar-refractivity contribution < 1.29 is 9.94 Å². The molecule has 0 aliphatic carbocycles. The van der Waals surface area contributed by atoms with Crippen LogP contribution in [0.3, 0.4) is 0 Å². The number of nitrogens with one attached hydrogen (secondary N) is 1. The van der Waals surface area contributed by atoms with Gasteiger partial charge in [-0.15, -0.1) is 24.8 Å². The molecule has 6 heteroatoms. The zero-order valence-corrected chi connectivity index (χ0v) is 9.87. The predicted octanol–water partition coefficient (Wildman–Crippen LogP) is 0.469. The average molecular weight is 235 g/mol. The van der Waals surface area contributed by atoms with Crippen LogP contribution in [0.1, 0.15) is 20.8 Å². The monoisotopic (exact) mass is 234 g/mol. The Morgan fingerprint density at radius 3 is 2.15 bits per heavy atom. The Hall–Kier alpha value is 0.420. The van der Waals surface area contributed by atoms with Crippen LogP contribution in [0.5, 0.6) is 0 Å². The quantitative estimate of drug-likeness (QED) is 0.619. The summed E-state index contributed by atoms with van der Waals surface area (Å²) in [5.74, 6) is 4.78. The summed E-state index contributed by atoms with van der Waals surface area (Å²) in [6.45, 7) is 6.76. The van der Waals surface area contributed by atoms with Gasteiger partial charge in [-0.2, -0.15) is 0 Å².